The van der Waals surface area contributed by atoms with Crippen molar-refractivity contribution >= 4 is 28.9 Å². The first-order valence-electron chi connectivity index (χ1n) is 8.21. The molecule has 3 aromatic rings. The fourth-order valence-corrected chi connectivity index (χ4v) is 2.95. The van der Waals surface area contributed by atoms with Crippen LogP contribution in [0.4, 0.5) is 11.4 Å². The standard InChI is InChI=1S/C20H19ClN4O/c1-13-9-14(2)19(17(21)10-13)25-20(26)18-7-6-16(12-24-18)23-11-15-5-3-4-8-22-15/h3-10,12,23H,11H2,1-2H3,(H,25,26). The summed E-state index contributed by atoms with van der Waals surface area (Å²) in [7, 11) is 0. The molecule has 0 aliphatic carbocycles. The summed E-state index contributed by atoms with van der Waals surface area (Å²) in [5, 5.41) is 6.58. The van der Waals surface area contributed by atoms with Crippen LogP contribution in [0.25, 0.3) is 0 Å². The lowest BCUT2D eigenvalue weighted by Gasteiger charge is -2.11. The highest BCUT2D eigenvalue weighted by Crippen LogP contribution is 2.27. The number of amides is 1. The summed E-state index contributed by atoms with van der Waals surface area (Å²) in [5.74, 6) is -0.296. The van der Waals surface area contributed by atoms with E-state index in [0.29, 0.717) is 22.9 Å². The SMILES string of the molecule is Cc1cc(C)c(NC(=O)c2ccc(NCc3ccccn3)cn2)c(Cl)c1. The van der Waals surface area contributed by atoms with Crippen LogP contribution in [0.1, 0.15) is 27.3 Å². The molecule has 0 radical (unpaired) electrons. The van der Waals surface area contributed by atoms with Crippen molar-refractivity contribution in [3.05, 3.63) is 82.4 Å². The average Bonchev–Trinajstić information content (AvgIpc) is 2.64. The molecule has 6 heteroatoms. The number of rotatable bonds is 5. The minimum atomic E-state index is -0.296. The molecule has 0 fully saturated rings. The van der Waals surface area contributed by atoms with Crippen molar-refractivity contribution in [2.24, 2.45) is 0 Å². The van der Waals surface area contributed by atoms with Crippen LogP contribution in [-0.2, 0) is 6.54 Å². The Labute approximate surface area is 157 Å². The van der Waals surface area contributed by atoms with Crippen LogP contribution in [-0.4, -0.2) is 15.9 Å². The van der Waals surface area contributed by atoms with Crippen molar-refractivity contribution in [1.82, 2.24) is 9.97 Å². The maximum atomic E-state index is 12.4. The molecule has 0 aliphatic rings. The van der Waals surface area contributed by atoms with E-state index in [1.807, 2.05) is 50.2 Å². The Morgan fingerprint density at radius 1 is 1.12 bits per heavy atom. The highest BCUT2D eigenvalue weighted by atomic mass is 35.5. The number of aromatic nitrogens is 2. The summed E-state index contributed by atoms with van der Waals surface area (Å²) in [6.45, 7) is 4.46. The molecular weight excluding hydrogens is 348 g/mol. The van der Waals surface area contributed by atoms with Gasteiger partial charge in [-0.15, -0.1) is 0 Å². The molecule has 0 saturated heterocycles. The minimum absolute atomic E-state index is 0.296. The highest BCUT2D eigenvalue weighted by molar-refractivity contribution is 6.34. The number of benzene rings is 1. The summed E-state index contributed by atoms with van der Waals surface area (Å²) >= 11 is 6.24. The Bertz CT molecular complexity index is 888. The number of anilines is 2. The smallest absolute Gasteiger partial charge is 0.274 e. The fraction of sp³-hybridized carbons (Fsp3) is 0.150. The van der Waals surface area contributed by atoms with Gasteiger partial charge in [0.15, 0.2) is 0 Å². The van der Waals surface area contributed by atoms with Crippen LogP contribution >= 0.6 is 11.6 Å². The molecule has 0 unspecified atom stereocenters. The number of pyridine rings is 2. The number of nitrogens with zero attached hydrogens (tertiary/aromatic N) is 2. The van der Waals surface area contributed by atoms with Gasteiger partial charge in [-0.2, -0.15) is 0 Å². The molecule has 0 atom stereocenters. The van der Waals surface area contributed by atoms with Crippen LogP contribution in [0, 0.1) is 13.8 Å². The van der Waals surface area contributed by atoms with Gasteiger partial charge in [-0.05, 0) is 55.3 Å². The zero-order valence-electron chi connectivity index (χ0n) is 14.6. The Balaban J connectivity index is 1.66. The summed E-state index contributed by atoms with van der Waals surface area (Å²) in [4.78, 5) is 20.9. The zero-order valence-corrected chi connectivity index (χ0v) is 15.3. The number of hydrogen-bond donors (Lipinski definition) is 2. The summed E-state index contributed by atoms with van der Waals surface area (Å²) in [6.07, 6.45) is 3.38. The second-order valence-corrected chi connectivity index (χ2v) is 6.41. The topological polar surface area (TPSA) is 66.9 Å². The van der Waals surface area contributed by atoms with Gasteiger partial charge in [-0.3, -0.25) is 9.78 Å². The normalized spacial score (nSPS) is 10.4. The molecule has 0 aliphatic heterocycles. The fourth-order valence-electron chi connectivity index (χ4n) is 2.58. The largest absolute Gasteiger partial charge is 0.378 e. The first-order chi connectivity index (χ1) is 12.5. The van der Waals surface area contributed by atoms with E-state index in [0.717, 1.165) is 22.5 Å². The molecule has 5 nitrogen and oxygen atoms in total. The van der Waals surface area contributed by atoms with Crippen molar-refractivity contribution in [1.29, 1.82) is 0 Å². The molecule has 0 bridgehead atoms. The van der Waals surface area contributed by atoms with Crippen molar-refractivity contribution in [3.8, 4) is 0 Å². The van der Waals surface area contributed by atoms with Crippen LogP contribution in [0.3, 0.4) is 0 Å². The Morgan fingerprint density at radius 2 is 1.96 bits per heavy atom. The number of halogens is 1. The second kappa shape index (κ2) is 7.97. The average molecular weight is 367 g/mol. The molecule has 1 aromatic carbocycles. The highest BCUT2D eigenvalue weighted by Gasteiger charge is 2.12. The lowest BCUT2D eigenvalue weighted by molar-refractivity contribution is 0.102. The number of aryl methyl sites for hydroxylation is 2. The molecule has 132 valence electrons. The summed E-state index contributed by atoms with van der Waals surface area (Å²) in [5.41, 5.74) is 4.64. The number of nitrogens with one attached hydrogen (secondary N) is 2. The van der Waals surface area contributed by atoms with Crippen molar-refractivity contribution < 1.29 is 4.79 Å². The zero-order chi connectivity index (χ0) is 18.5. The first kappa shape index (κ1) is 17.9. The minimum Gasteiger partial charge on any atom is -0.378 e. The lowest BCUT2D eigenvalue weighted by atomic mass is 10.1. The molecular formula is C20H19ClN4O. The maximum Gasteiger partial charge on any atom is 0.274 e. The van der Waals surface area contributed by atoms with Gasteiger partial charge < -0.3 is 10.6 Å². The number of carbonyl (C=O) groups excluding carboxylic acids is 1. The molecule has 2 N–H and O–H groups in total. The molecule has 26 heavy (non-hydrogen) atoms. The monoisotopic (exact) mass is 366 g/mol. The maximum absolute atomic E-state index is 12.4. The van der Waals surface area contributed by atoms with E-state index in [-0.39, 0.29) is 5.91 Å². The molecule has 1 amide bonds. The molecule has 2 aromatic heterocycles. The number of carbonyl (C=O) groups is 1. The molecule has 3 rings (SSSR count). The van der Waals surface area contributed by atoms with Crippen LogP contribution in [0.5, 0.6) is 0 Å². The van der Waals surface area contributed by atoms with Gasteiger partial charge in [0.05, 0.1) is 34.8 Å². The van der Waals surface area contributed by atoms with Crippen molar-refractivity contribution in [2.45, 2.75) is 20.4 Å². The quantitative estimate of drug-likeness (QED) is 0.691. The van der Waals surface area contributed by atoms with Gasteiger partial charge in [0, 0.05) is 6.20 Å². The predicted octanol–water partition coefficient (Wildman–Crippen LogP) is 4.61. The van der Waals surface area contributed by atoms with Gasteiger partial charge in [0.25, 0.3) is 5.91 Å². The third kappa shape index (κ3) is 4.37. The van der Waals surface area contributed by atoms with Gasteiger partial charge in [0.2, 0.25) is 0 Å². The van der Waals surface area contributed by atoms with Gasteiger partial charge in [-0.25, -0.2) is 4.98 Å². The van der Waals surface area contributed by atoms with Crippen molar-refractivity contribution in [2.75, 3.05) is 10.6 Å². The Morgan fingerprint density at radius 3 is 2.62 bits per heavy atom. The van der Waals surface area contributed by atoms with Crippen LogP contribution < -0.4 is 10.6 Å². The van der Waals surface area contributed by atoms with Gasteiger partial charge in [-0.1, -0.05) is 23.7 Å². The van der Waals surface area contributed by atoms with Crippen LogP contribution in [0.2, 0.25) is 5.02 Å². The van der Waals surface area contributed by atoms with E-state index in [2.05, 4.69) is 20.6 Å². The van der Waals surface area contributed by atoms with Gasteiger partial charge >= 0.3 is 0 Å². The third-order valence-electron chi connectivity index (χ3n) is 3.87. The van der Waals surface area contributed by atoms with Gasteiger partial charge in [0.1, 0.15) is 5.69 Å². The van der Waals surface area contributed by atoms with E-state index in [1.165, 1.54) is 0 Å². The molecule has 0 spiro atoms. The van der Waals surface area contributed by atoms with Crippen LogP contribution in [0.15, 0.2) is 54.9 Å². The predicted molar refractivity (Wildman–Crippen MR) is 105 cm³/mol. The van der Waals surface area contributed by atoms with E-state index in [4.69, 9.17) is 11.6 Å². The Hall–Kier alpha value is -2.92. The lowest BCUT2D eigenvalue weighted by Crippen LogP contribution is -2.15. The van der Waals surface area contributed by atoms with E-state index in [9.17, 15) is 4.79 Å². The number of hydrogen-bond acceptors (Lipinski definition) is 4. The van der Waals surface area contributed by atoms with E-state index >= 15 is 0 Å². The third-order valence-corrected chi connectivity index (χ3v) is 4.16. The second-order valence-electron chi connectivity index (χ2n) is 6.00. The van der Waals surface area contributed by atoms with E-state index in [1.54, 1.807) is 18.5 Å². The summed E-state index contributed by atoms with van der Waals surface area (Å²) in [6, 6.07) is 13.0. The molecule has 0 saturated carbocycles. The van der Waals surface area contributed by atoms with E-state index < -0.39 is 0 Å². The van der Waals surface area contributed by atoms with Crippen molar-refractivity contribution in [3.63, 3.8) is 0 Å². The first-order valence-corrected chi connectivity index (χ1v) is 8.58. The Kier molecular flexibility index (Phi) is 5.49. The summed E-state index contributed by atoms with van der Waals surface area (Å²) < 4.78 is 0. The molecule has 2 heterocycles.